The van der Waals surface area contributed by atoms with Crippen molar-refractivity contribution in [2.45, 2.75) is 39.7 Å². The predicted molar refractivity (Wildman–Crippen MR) is 59.6 cm³/mol. The second kappa shape index (κ2) is 6.80. The van der Waals surface area contributed by atoms with Crippen molar-refractivity contribution in [3.05, 3.63) is 0 Å². The van der Waals surface area contributed by atoms with E-state index in [-0.39, 0.29) is 5.91 Å². The fourth-order valence-electron chi connectivity index (χ4n) is 0.911. The lowest BCUT2D eigenvalue weighted by Crippen LogP contribution is -2.42. The van der Waals surface area contributed by atoms with E-state index in [2.05, 4.69) is 19.2 Å². The van der Waals surface area contributed by atoms with Crippen LogP contribution < -0.4 is 5.32 Å². The Morgan fingerprint density at radius 3 is 2.53 bits per heavy atom. The molecule has 0 atom stereocenters. The van der Waals surface area contributed by atoms with Crippen molar-refractivity contribution in [1.82, 2.24) is 5.32 Å². The lowest BCUT2D eigenvalue weighted by molar-refractivity contribution is -0.136. The summed E-state index contributed by atoms with van der Waals surface area (Å²) in [4.78, 5) is 11.2. The molecule has 0 heterocycles. The van der Waals surface area contributed by atoms with Crippen LogP contribution in [0.4, 0.5) is 0 Å². The largest absolute Gasteiger partial charge is 0.381 e. The van der Waals surface area contributed by atoms with Crippen molar-refractivity contribution >= 4 is 5.91 Å². The van der Waals surface area contributed by atoms with E-state index in [0.717, 1.165) is 13.0 Å². The van der Waals surface area contributed by atoms with Crippen LogP contribution in [0.2, 0.25) is 0 Å². The highest BCUT2D eigenvalue weighted by Gasteiger charge is 2.22. The Kier molecular flexibility index (Phi) is 6.52. The van der Waals surface area contributed by atoms with Crippen molar-refractivity contribution in [2.24, 2.45) is 5.92 Å². The Morgan fingerprint density at radius 2 is 2.07 bits per heavy atom. The Bertz CT molecular complexity index is 185. The zero-order chi connectivity index (χ0) is 11.9. The molecule has 15 heavy (non-hydrogen) atoms. The normalized spacial score (nSPS) is 11.9. The number of rotatable bonds is 7. The van der Waals surface area contributed by atoms with Crippen LogP contribution in [-0.2, 0) is 9.53 Å². The quantitative estimate of drug-likeness (QED) is 0.624. The van der Waals surface area contributed by atoms with Crippen LogP contribution in [0.5, 0.6) is 0 Å². The fourth-order valence-corrected chi connectivity index (χ4v) is 0.911. The van der Waals surface area contributed by atoms with Crippen LogP contribution in [0, 0.1) is 5.92 Å². The third kappa shape index (κ3) is 8.39. The second-order valence-corrected chi connectivity index (χ2v) is 4.64. The Labute approximate surface area is 92.0 Å². The summed E-state index contributed by atoms with van der Waals surface area (Å²) in [6, 6.07) is 0. The maximum absolute atomic E-state index is 11.2. The third-order valence-corrected chi connectivity index (χ3v) is 1.76. The lowest BCUT2D eigenvalue weighted by Gasteiger charge is -2.16. The number of amides is 1. The lowest BCUT2D eigenvalue weighted by atomic mass is 10.1. The van der Waals surface area contributed by atoms with Gasteiger partial charge in [0.05, 0.1) is 0 Å². The van der Waals surface area contributed by atoms with Gasteiger partial charge < -0.3 is 15.2 Å². The molecule has 0 fully saturated rings. The molecule has 0 radical (unpaired) electrons. The molecule has 90 valence electrons. The first-order valence-electron chi connectivity index (χ1n) is 5.42. The summed E-state index contributed by atoms with van der Waals surface area (Å²) < 4.78 is 5.35. The molecule has 0 spiro atoms. The molecule has 4 heteroatoms. The Balaban J connectivity index is 3.36. The molecule has 0 bridgehead atoms. The monoisotopic (exact) mass is 217 g/mol. The first kappa shape index (κ1) is 14.4. The van der Waals surface area contributed by atoms with E-state index in [1.165, 1.54) is 13.8 Å². The van der Waals surface area contributed by atoms with Gasteiger partial charge in [0.25, 0.3) is 5.91 Å². The average Bonchev–Trinajstić information content (AvgIpc) is 2.08. The van der Waals surface area contributed by atoms with Crippen LogP contribution in [0.25, 0.3) is 0 Å². The average molecular weight is 217 g/mol. The number of aliphatic hydroxyl groups is 1. The zero-order valence-corrected chi connectivity index (χ0v) is 10.2. The Morgan fingerprint density at radius 1 is 1.47 bits per heavy atom. The molecule has 1 amide bonds. The van der Waals surface area contributed by atoms with Crippen molar-refractivity contribution < 1.29 is 14.6 Å². The SMILES string of the molecule is CC(C)COCCCNC(=O)C(C)(C)O. The molecule has 0 aromatic rings. The molecule has 0 aromatic carbocycles. The summed E-state index contributed by atoms with van der Waals surface area (Å²) in [5, 5.41) is 12.0. The van der Waals surface area contributed by atoms with Gasteiger partial charge in [0, 0.05) is 19.8 Å². The van der Waals surface area contributed by atoms with Gasteiger partial charge in [0.2, 0.25) is 0 Å². The molecule has 0 aliphatic heterocycles. The molecule has 0 saturated carbocycles. The van der Waals surface area contributed by atoms with Crippen molar-refractivity contribution in [3.8, 4) is 0 Å². The molecule has 0 aliphatic carbocycles. The highest BCUT2D eigenvalue weighted by molar-refractivity contribution is 5.83. The van der Waals surface area contributed by atoms with Gasteiger partial charge in [-0.3, -0.25) is 4.79 Å². The summed E-state index contributed by atoms with van der Waals surface area (Å²) in [7, 11) is 0. The molecule has 2 N–H and O–H groups in total. The van der Waals surface area contributed by atoms with E-state index in [9.17, 15) is 9.90 Å². The maximum Gasteiger partial charge on any atom is 0.251 e. The van der Waals surface area contributed by atoms with E-state index in [0.29, 0.717) is 19.1 Å². The van der Waals surface area contributed by atoms with E-state index in [1.54, 1.807) is 0 Å². The maximum atomic E-state index is 11.2. The number of ether oxygens (including phenoxy) is 1. The van der Waals surface area contributed by atoms with Crippen molar-refractivity contribution in [3.63, 3.8) is 0 Å². The third-order valence-electron chi connectivity index (χ3n) is 1.76. The molecule has 0 aromatic heterocycles. The van der Waals surface area contributed by atoms with Gasteiger partial charge in [-0.15, -0.1) is 0 Å². The number of hydrogen-bond donors (Lipinski definition) is 2. The summed E-state index contributed by atoms with van der Waals surface area (Å²) in [5.74, 6) is 0.197. The van der Waals surface area contributed by atoms with Crippen molar-refractivity contribution in [2.75, 3.05) is 19.8 Å². The smallest absolute Gasteiger partial charge is 0.251 e. The van der Waals surface area contributed by atoms with E-state index < -0.39 is 5.60 Å². The predicted octanol–water partition coefficient (Wildman–Crippen LogP) is 0.936. The highest BCUT2D eigenvalue weighted by atomic mass is 16.5. The number of hydrogen-bond acceptors (Lipinski definition) is 3. The number of carbonyl (C=O) groups is 1. The molecular weight excluding hydrogens is 194 g/mol. The van der Waals surface area contributed by atoms with Crippen LogP contribution in [0.1, 0.15) is 34.1 Å². The zero-order valence-electron chi connectivity index (χ0n) is 10.2. The standard InChI is InChI=1S/C11H23NO3/c1-9(2)8-15-7-5-6-12-10(13)11(3,4)14/h9,14H,5-8H2,1-4H3,(H,12,13). The minimum absolute atomic E-state index is 0.341. The topological polar surface area (TPSA) is 58.6 Å². The van der Waals surface area contributed by atoms with Gasteiger partial charge >= 0.3 is 0 Å². The van der Waals surface area contributed by atoms with Crippen LogP contribution in [-0.4, -0.2) is 36.4 Å². The van der Waals surface area contributed by atoms with E-state index in [1.807, 2.05) is 0 Å². The minimum Gasteiger partial charge on any atom is -0.381 e. The van der Waals surface area contributed by atoms with Gasteiger partial charge in [-0.25, -0.2) is 0 Å². The van der Waals surface area contributed by atoms with Crippen LogP contribution >= 0.6 is 0 Å². The summed E-state index contributed by atoms with van der Waals surface area (Å²) in [6.45, 7) is 9.06. The van der Waals surface area contributed by atoms with Gasteiger partial charge in [0.1, 0.15) is 5.60 Å². The van der Waals surface area contributed by atoms with Gasteiger partial charge in [0.15, 0.2) is 0 Å². The Hall–Kier alpha value is -0.610. The van der Waals surface area contributed by atoms with Gasteiger partial charge in [-0.2, -0.15) is 0 Å². The number of nitrogens with one attached hydrogen (secondary N) is 1. The minimum atomic E-state index is -1.29. The van der Waals surface area contributed by atoms with E-state index in [4.69, 9.17) is 4.74 Å². The number of carbonyl (C=O) groups excluding carboxylic acids is 1. The van der Waals surface area contributed by atoms with Gasteiger partial charge in [-0.1, -0.05) is 13.8 Å². The summed E-state index contributed by atoms with van der Waals surface area (Å²) >= 11 is 0. The summed E-state index contributed by atoms with van der Waals surface area (Å²) in [6.07, 6.45) is 0.772. The summed E-state index contributed by atoms with van der Waals surface area (Å²) in [5.41, 5.74) is -1.29. The van der Waals surface area contributed by atoms with Gasteiger partial charge in [-0.05, 0) is 26.2 Å². The van der Waals surface area contributed by atoms with Crippen LogP contribution in [0.3, 0.4) is 0 Å². The molecule has 0 aliphatic rings. The molecule has 0 saturated heterocycles. The second-order valence-electron chi connectivity index (χ2n) is 4.64. The molecule has 0 rings (SSSR count). The highest BCUT2D eigenvalue weighted by Crippen LogP contribution is 1.99. The first-order valence-corrected chi connectivity index (χ1v) is 5.42. The molecular formula is C11H23NO3. The molecule has 0 unspecified atom stereocenters. The fraction of sp³-hybridized carbons (Fsp3) is 0.909. The molecule has 4 nitrogen and oxygen atoms in total. The first-order chi connectivity index (χ1) is 6.84. The van der Waals surface area contributed by atoms with E-state index >= 15 is 0 Å². The van der Waals surface area contributed by atoms with Crippen molar-refractivity contribution in [1.29, 1.82) is 0 Å². The van der Waals surface area contributed by atoms with Crippen LogP contribution in [0.15, 0.2) is 0 Å².